The van der Waals surface area contributed by atoms with E-state index in [2.05, 4.69) is 143 Å². The van der Waals surface area contributed by atoms with Crippen LogP contribution in [0.2, 0.25) is 0 Å². The van der Waals surface area contributed by atoms with Gasteiger partial charge in [-0.25, -0.2) is 0 Å². The Bertz CT molecular complexity index is 2440. The summed E-state index contributed by atoms with van der Waals surface area (Å²) in [5, 5.41) is 4.32. The fraction of sp³-hybridized carbons (Fsp3) is 0. The lowest BCUT2D eigenvalue weighted by molar-refractivity contribution is 0.669. The van der Waals surface area contributed by atoms with E-state index in [1.165, 1.54) is 0 Å². The van der Waals surface area contributed by atoms with Crippen LogP contribution in [-0.2, 0) is 0 Å². The minimum Gasteiger partial charge on any atom is -0.456 e. The highest BCUT2D eigenvalue weighted by Crippen LogP contribution is 2.44. The third-order valence-electron chi connectivity index (χ3n) is 8.62. The molecule has 0 saturated heterocycles. The number of hydrogen-bond acceptors (Lipinski definition) is 4. The molecule has 0 radical (unpaired) electrons. The molecule has 0 aliphatic rings. The van der Waals surface area contributed by atoms with Crippen LogP contribution < -0.4 is 9.80 Å². The molecule has 0 N–H and O–H groups in total. The van der Waals surface area contributed by atoms with Crippen LogP contribution in [0.4, 0.5) is 34.1 Å². The van der Waals surface area contributed by atoms with E-state index in [1.54, 1.807) is 0 Å². The maximum absolute atomic E-state index is 6.54. The van der Waals surface area contributed by atoms with Gasteiger partial charge in [0.25, 0.3) is 0 Å². The van der Waals surface area contributed by atoms with Gasteiger partial charge in [-0.1, -0.05) is 78.9 Å². The molecule has 0 bridgehead atoms. The minimum absolute atomic E-state index is 0.834. The highest BCUT2D eigenvalue weighted by atomic mass is 16.3. The number of hydrogen-bond donors (Lipinski definition) is 0. The van der Waals surface area contributed by atoms with Crippen molar-refractivity contribution in [1.29, 1.82) is 0 Å². The number of benzene rings is 7. The molecule has 46 heavy (non-hydrogen) atoms. The number of furan rings is 2. The van der Waals surface area contributed by atoms with Gasteiger partial charge in [-0.05, 0) is 84.9 Å². The van der Waals surface area contributed by atoms with Crippen LogP contribution in [0.5, 0.6) is 0 Å². The van der Waals surface area contributed by atoms with E-state index in [4.69, 9.17) is 8.83 Å². The lowest BCUT2D eigenvalue weighted by Gasteiger charge is -2.26. The summed E-state index contributed by atoms with van der Waals surface area (Å²) < 4.78 is 12.8. The molecule has 9 rings (SSSR count). The molecular formula is C42H28N2O2. The molecule has 7 aromatic carbocycles. The minimum atomic E-state index is 0.834. The second kappa shape index (κ2) is 10.7. The largest absolute Gasteiger partial charge is 0.456 e. The van der Waals surface area contributed by atoms with Gasteiger partial charge in [0, 0.05) is 50.7 Å². The summed E-state index contributed by atoms with van der Waals surface area (Å²) in [4.78, 5) is 4.56. The molecule has 0 aliphatic carbocycles. The Kier molecular flexibility index (Phi) is 6.10. The lowest BCUT2D eigenvalue weighted by Crippen LogP contribution is -2.10. The predicted molar refractivity (Wildman–Crippen MR) is 190 cm³/mol. The van der Waals surface area contributed by atoms with Crippen LogP contribution in [-0.4, -0.2) is 0 Å². The van der Waals surface area contributed by atoms with Crippen molar-refractivity contribution < 1.29 is 8.83 Å². The predicted octanol–water partition coefficient (Wildman–Crippen LogP) is 12.4. The van der Waals surface area contributed by atoms with Crippen LogP contribution in [0.1, 0.15) is 0 Å². The smallest absolute Gasteiger partial charge is 0.137 e. The highest BCUT2D eigenvalue weighted by Gasteiger charge is 2.21. The van der Waals surface area contributed by atoms with Crippen molar-refractivity contribution in [2.75, 3.05) is 9.80 Å². The second-order valence-corrected chi connectivity index (χ2v) is 11.4. The van der Waals surface area contributed by atoms with E-state index < -0.39 is 0 Å². The van der Waals surface area contributed by atoms with Crippen molar-refractivity contribution in [3.63, 3.8) is 0 Å². The van der Waals surface area contributed by atoms with E-state index in [0.29, 0.717) is 0 Å². The molecular weight excluding hydrogens is 564 g/mol. The number of para-hydroxylation sites is 4. The van der Waals surface area contributed by atoms with Crippen molar-refractivity contribution in [2.24, 2.45) is 0 Å². The zero-order valence-corrected chi connectivity index (χ0v) is 24.9. The second-order valence-electron chi connectivity index (χ2n) is 11.4. The summed E-state index contributed by atoms with van der Waals surface area (Å²) in [6, 6.07) is 58.8. The van der Waals surface area contributed by atoms with Gasteiger partial charge in [-0.3, -0.25) is 0 Å². The molecule has 4 nitrogen and oxygen atoms in total. The molecule has 218 valence electrons. The number of nitrogens with zero attached hydrogens (tertiary/aromatic N) is 2. The Morgan fingerprint density at radius 2 is 0.848 bits per heavy atom. The van der Waals surface area contributed by atoms with Gasteiger partial charge in [0.2, 0.25) is 0 Å². The van der Waals surface area contributed by atoms with Crippen molar-refractivity contribution in [3.8, 4) is 0 Å². The molecule has 0 aliphatic heterocycles. The van der Waals surface area contributed by atoms with Crippen molar-refractivity contribution in [3.05, 3.63) is 170 Å². The zero-order chi connectivity index (χ0) is 30.5. The molecule has 0 amide bonds. The van der Waals surface area contributed by atoms with Gasteiger partial charge < -0.3 is 18.6 Å². The fourth-order valence-electron chi connectivity index (χ4n) is 6.58. The van der Waals surface area contributed by atoms with E-state index in [-0.39, 0.29) is 0 Å². The van der Waals surface area contributed by atoms with E-state index in [0.717, 1.165) is 78.0 Å². The van der Waals surface area contributed by atoms with Crippen LogP contribution in [0.3, 0.4) is 0 Å². The summed E-state index contributed by atoms with van der Waals surface area (Å²) in [5.41, 5.74) is 9.80. The average molecular weight is 593 g/mol. The van der Waals surface area contributed by atoms with E-state index >= 15 is 0 Å². The first kappa shape index (κ1) is 26.2. The van der Waals surface area contributed by atoms with Gasteiger partial charge >= 0.3 is 0 Å². The molecule has 4 heteroatoms. The average Bonchev–Trinajstić information content (AvgIpc) is 3.68. The molecule has 9 aromatic rings. The maximum atomic E-state index is 6.54. The SMILES string of the molecule is c1ccc(N(c2ccccc2)c2ccc3oc4cc(N(c5ccccc5)c5cccc6oc7ccccc7c56)ccc4c3c2)cc1. The normalized spacial score (nSPS) is 11.5. The molecule has 0 saturated carbocycles. The van der Waals surface area contributed by atoms with Crippen molar-refractivity contribution in [1.82, 2.24) is 0 Å². The van der Waals surface area contributed by atoms with E-state index in [9.17, 15) is 0 Å². The first-order valence-electron chi connectivity index (χ1n) is 15.4. The number of fused-ring (bicyclic) bond motifs is 6. The summed E-state index contributed by atoms with van der Waals surface area (Å²) in [7, 11) is 0. The molecule has 0 atom stereocenters. The van der Waals surface area contributed by atoms with Crippen LogP contribution in [0.25, 0.3) is 43.9 Å². The van der Waals surface area contributed by atoms with Gasteiger partial charge in [0.15, 0.2) is 0 Å². The van der Waals surface area contributed by atoms with Crippen LogP contribution in [0, 0.1) is 0 Å². The Morgan fingerprint density at radius 1 is 0.304 bits per heavy atom. The summed E-state index contributed by atoms with van der Waals surface area (Å²) >= 11 is 0. The lowest BCUT2D eigenvalue weighted by atomic mass is 10.1. The highest BCUT2D eigenvalue weighted by molar-refractivity contribution is 6.14. The van der Waals surface area contributed by atoms with Gasteiger partial charge in [-0.15, -0.1) is 0 Å². The Balaban J connectivity index is 1.21. The standard InChI is InChI=1S/C42H28N2O2/c1-4-13-29(14-5-1)43(30-15-6-2-7-16-30)32-24-26-39-36(27-32)34-25-23-33(28-41(34)46-39)44(31-17-8-3-9-18-31)37-20-12-22-40-42(37)35-19-10-11-21-38(35)45-40/h1-28H. The monoisotopic (exact) mass is 592 g/mol. The third-order valence-corrected chi connectivity index (χ3v) is 8.62. The molecule has 0 spiro atoms. The van der Waals surface area contributed by atoms with Crippen molar-refractivity contribution >= 4 is 78.0 Å². The number of rotatable bonds is 6. The zero-order valence-electron chi connectivity index (χ0n) is 24.9. The maximum Gasteiger partial charge on any atom is 0.137 e. The van der Waals surface area contributed by atoms with E-state index in [1.807, 2.05) is 36.4 Å². The summed E-state index contributed by atoms with van der Waals surface area (Å²) in [6.07, 6.45) is 0. The molecule has 0 unspecified atom stereocenters. The van der Waals surface area contributed by atoms with Gasteiger partial charge in [0.05, 0.1) is 11.1 Å². The topological polar surface area (TPSA) is 32.8 Å². The molecule has 0 fully saturated rings. The van der Waals surface area contributed by atoms with Crippen molar-refractivity contribution in [2.45, 2.75) is 0 Å². The van der Waals surface area contributed by atoms with Crippen LogP contribution >= 0.6 is 0 Å². The molecule has 2 aromatic heterocycles. The quantitative estimate of drug-likeness (QED) is 0.192. The Labute approximate surface area is 265 Å². The Morgan fingerprint density at radius 3 is 1.57 bits per heavy atom. The summed E-state index contributed by atoms with van der Waals surface area (Å²) in [5.74, 6) is 0. The third kappa shape index (κ3) is 4.31. The summed E-state index contributed by atoms with van der Waals surface area (Å²) in [6.45, 7) is 0. The van der Waals surface area contributed by atoms with Crippen LogP contribution in [0.15, 0.2) is 179 Å². The fourth-order valence-corrected chi connectivity index (χ4v) is 6.58. The van der Waals surface area contributed by atoms with Gasteiger partial charge in [-0.2, -0.15) is 0 Å². The molecule has 2 heterocycles. The first-order valence-corrected chi connectivity index (χ1v) is 15.4. The van der Waals surface area contributed by atoms with Gasteiger partial charge in [0.1, 0.15) is 22.3 Å². The first-order chi connectivity index (χ1) is 22.8. The Hall–Kier alpha value is -6.26. The number of anilines is 6.